The van der Waals surface area contributed by atoms with E-state index < -0.39 is 12.1 Å². The third-order valence-corrected chi connectivity index (χ3v) is 7.59. The molecule has 2 aliphatic rings. The Morgan fingerprint density at radius 3 is 2.44 bits per heavy atom. The maximum absolute atomic E-state index is 13.6. The van der Waals surface area contributed by atoms with Crippen molar-refractivity contribution in [3.05, 3.63) is 90.0 Å². The first kappa shape index (κ1) is 26.4. The molecule has 1 heterocycles. The Balaban J connectivity index is 1.42. The molecule has 3 atom stereocenters. The Bertz CT molecular complexity index is 1310. The Morgan fingerprint density at radius 1 is 0.974 bits per heavy atom. The zero-order valence-corrected chi connectivity index (χ0v) is 21.8. The minimum atomic E-state index is -0.614. The molecule has 5 rings (SSSR count). The van der Waals surface area contributed by atoms with Crippen molar-refractivity contribution in [2.45, 2.75) is 38.1 Å². The Hall–Kier alpha value is -4.17. The fraction of sp³-hybridized carbons (Fsp3) is 0.323. The van der Waals surface area contributed by atoms with Crippen LogP contribution in [0.1, 0.15) is 54.1 Å². The van der Waals surface area contributed by atoms with E-state index in [1.54, 1.807) is 42.5 Å². The Kier molecular flexibility index (Phi) is 8.22. The number of hydrogen-bond acceptors (Lipinski definition) is 5. The molecule has 0 aromatic heterocycles. The lowest BCUT2D eigenvalue weighted by Crippen LogP contribution is -2.37. The molecule has 3 aromatic carbocycles. The van der Waals surface area contributed by atoms with Crippen molar-refractivity contribution in [1.82, 2.24) is 5.32 Å². The smallest absolute Gasteiger partial charge is 0.410 e. The molecule has 39 heavy (non-hydrogen) atoms. The van der Waals surface area contributed by atoms with Crippen LogP contribution in [0, 0.1) is 11.8 Å². The number of para-hydroxylation sites is 1. The number of nitrogens with one attached hydrogen (secondary N) is 2. The van der Waals surface area contributed by atoms with Crippen LogP contribution in [0.3, 0.4) is 0 Å². The summed E-state index contributed by atoms with van der Waals surface area (Å²) >= 11 is 0. The zero-order valence-electron chi connectivity index (χ0n) is 21.8. The van der Waals surface area contributed by atoms with Crippen LogP contribution in [0.15, 0.2) is 78.9 Å². The lowest BCUT2D eigenvalue weighted by molar-refractivity contribution is -0.116. The molecule has 4 N–H and O–H groups in total. The summed E-state index contributed by atoms with van der Waals surface area (Å²) in [6.07, 6.45) is 3.81. The number of fused-ring (bicyclic) bond motifs is 1. The van der Waals surface area contributed by atoms with E-state index in [-0.39, 0.29) is 18.2 Å². The molecule has 3 amide bonds. The highest BCUT2D eigenvalue weighted by Gasteiger charge is 2.35. The second-order valence-electron chi connectivity index (χ2n) is 10.3. The van der Waals surface area contributed by atoms with Crippen LogP contribution in [-0.4, -0.2) is 31.0 Å². The number of carbonyl (C=O) groups excluding carboxylic acids is 3. The number of carbonyl (C=O) groups is 3. The second kappa shape index (κ2) is 12.1. The minimum Gasteiger partial charge on any atom is -0.410 e. The van der Waals surface area contributed by atoms with E-state index in [4.69, 9.17) is 10.5 Å². The molecule has 0 saturated heterocycles. The first-order valence-corrected chi connectivity index (χ1v) is 13.5. The fourth-order valence-electron chi connectivity index (χ4n) is 5.57. The van der Waals surface area contributed by atoms with Gasteiger partial charge in [0.1, 0.15) is 5.75 Å². The Labute approximate surface area is 228 Å². The predicted octanol–water partition coefficient (Wildman–Crippen LogP) is 5.27. The number of rotatable bonds is 6. The summed E-state index contributed by atoms with van der Waals surface area (Å²) in [4.78, 5) is 41.2. The maximum atomic E-state index is 13.6. The van der Waals surface area contributed by atoms with Gasteiger partial charge in [0.05, 0.1) is 23.8 Å². The normalized spacial score (nSPS) is 20.8. The molecule has 1 aliphatic heterocycles. The molecule has 0 bridgehead atoms. The van der Waals surface area contributed by atoms with Crippen LogP contribution in [0.25, 0.3) is 0 Å². The molecular weight excluding hydrogens is 492 g/mol. The molecule has 1 saturated carbocycles. The first-order chi connectivity index (χ1) is 19.0. The van der Waals surface area contributed by atoms with Crippen LogP contribution in [-0.2, 0) is 4.79 Å². The van der Waals surface area contributed by atoms with Crippen LogP contribution in [0.4, 0.5) is 16.2 Å². The highest BCUT2D eigenvalue weighted by atomic mass is 16.6. The number of hydrogen-bond donors (Lipinski definition) is 3. The lowest BCUT2D eigenvalue weighted by Gasteiger charge is -2.30. The van der Waals surface area contributed by atoms with E-state index in [2.05, 4.69) is 10.6 Å². The van der Waals surface area contributed by atoms with Crippen molar-refractivity contribution in [3.63, 3.8) is 0 Å². The third kappa shape index (κ3) is 6.29. The van der Waals surface area contributed by atoms with Gasteiger partial charge in [0, 0.05) is 12.1 Å². The molecule has 1 fully saturated rings. The van der Waals surface area contributed by atoms with Crippen molar-refractivity contribution < 1.29 is 19.1 Å². The largest absolute Gasteiger partial charge is 0.420 e. The third-order valence-electron chi connectivity index (χ3n) is 7.59. The summed E-state index contributed by atoms with van der Waals surface area (Å²) in [6, 6.07) is 22.6. The molecular formula is C31H34N4O4. The van der Waals surface area contributed by atoms with Gasteiger partial charge in [-0.25, -0.2) is 4.79 Å². The van der Waals surface area contributed by atoms with Crippen LogP contribution in [0.5, 0.6) is 5.75 Å². The molecule has 8 nitrogen and oxygen atoms in total. The molecule has 3 aromatic rings. The van der Waals surface area contributed by atoms with Gasteiger partial charge in [-0.05, 0) is 73.5 Å². The summed E-state index contributed by atoms with van der Waals surface area (Å²) in [5, 5.41) is 5.95. The monoisotopic (exact) mass is 526 g/mol. The molecule has 0 radical (unpaired) electrons. The molecule has 3 unspecified atom stereocenters. The van der Waals surface area contributed by atoms with Crippen molar-refractivity contribution >= 4 is 29.3 Å². The SMILES string of the molecule is NCC1CCCC(CNC(=O)c2ccc3c(c2)NC(=O)CC(c2ccccc2)N3C(=O)Oc2ccccc2)C1. The average molecular weight is 527 g/mol. The number of benzene rings is 3. The van der Waals surface area contributed by atoms with E-state index in [9.17, 15) is 14.4 Å². The molecule has 202 valence electrons. The number of anilines is 2. The number of ether oxygens (including phenoxy) is 1. The summed E-state index contributed by atoms with van der Waals surface area (Å²) in [6.45, 7) is 1.27. The van der Waals surface area contributed by atoms with Crippen LogP contribution >= 0.6 is 0 Å². The Morgan fingerprint density at radius 2 is 1.69 bits per heavy atom. The van der Waals surface area contributed by atoms with Crippen LogP contribution < -0.4 is 26.0 Å². The van der Waals surface area contributed by atoms with Gasteiger partial charge in [-0.2, -0.15) is 0 Å². The number of nitrogens with two attached hydrogens (primary N) is 1. The topological polar surface area (TPSA) is 114 Å². The van der Waals surface area contributed by atoms with Gasteiger partial charge in [-0.3, -0.25) is 14.5 Å². The molecule has 8 heteroatoms. The van der Waals surface area contributed by atoms with Crippen molar-refractivity contribution in [2.24, 2.45) is 17.6 Å². The van der Waals surface area contributed by atoms with Gasteiger partial charge >= 0.3 is 6.09 Å². The first-order valence-electron chi connectivity index (χ1n) is 13.5. The number of nitrogens with zero attached hydrogens (tertiary/aromatic N) is 1. The van der Waals surface area contributed by atoms with Gasteiger partial charge in [-0.15, -0.1) is 0 Å². The van der Waals surface area contributed by atoms with Gasteiger partial charge in [0.15, 0.2) is 0 Å². The van der Waals surface area contributed by atoms with Gasteiger partial charge in [0.2, 0.25) is 5.91 Å². The van der Waals surface area contributed by atoms with Crippen LogP contribution in [0.2, 0.25) is 0 Å². The fourth-order valence-corrected chi connectivity index (χ4v) is 5.57. The summed E-state index contributed by atoms with van der Waals surface area (Å²) in [7, 11) is 0. The average Bonchev–Trinajstić information content (AvgIpc) is 3.12. The quantitative estimate of drug-likeness (QED) is 0.405. The summed E-state index contributed by atoms with van der Waals surface area (Å²) < 4.78 is 5.71. The summed E-state index contributed by atoms with van der Waals surface area (Å²) in [5.74, 6) is 0.848. The van der Waals surface area contributed by atoms with Crippen molar-refractivity contribution in [1.29, 1.82) is 0 Å². The van der Waals surface area contributed by atoms with E-state index in [1.165, 1.54) is 4.90 Å². The molecule has 0 spiro atoms. The second-order valence-corrected chi connectivity index (χ2v) is 10.3. The van der Waals surface area contributed by atoms with Gasteiger partial charge in [0.25, 0.3) is 5.91 Å². The standard InChI is InChI=1S/C31H34N4O4/c32-19-21-8-7-9-22(16-21)20-33-30(37)24-14-15-27-26(17-24)34-29(36)18-28(23-10-3-1-4-11-23)35(27)31(38)39-25-12-5-2-6-13-25/h1-6,10-15,17,21-22,28H,7-9,16,18-20,32H2,(H,33,37)(H,34,36). The minimum absolute atomic E-state index is 0.0358. The van der Waals surface area contributed by atoms with E-state index in [0.29, 0.717) is 47.6 Å². The van der Waals surface area contributed by atoms with Crippen molar-refractivity contribution in [3.8, 4) is 5.75 Å². The van der Waals surface area contributed by atoms with Crippen molar-refractivity contribution in [2.75, 3.05) is 23.3 Å². The van der Waals surface area contributed by atoms with E-state index in [0.717, 1.165) is 31.2 Å². The predicted molar refractivity (Wildman–Crippen MR) is 151 cm³/mol. The maximum Gasteiger partial charge on any atom is 0.420 e. The van der Waals surface area contributed by atoms with E-state index >= 15 is 0 Å². The van der Waals surface area contributed by atoms with Gasteiger partial charge in [-0.1, -0.05) is 55.0 Å². The highest BCUT2D eigenvalue weighted by Crippen LogP contribution is 2.39. The number of amides is 3. The highest BCUT2D eigenvalue weighted by molar-refractivity contribution is 6.05. The lowest BCUT2D eigenvalue weighted by atomic mass is 9.81. The van der Waals surface area contributed by atoms with Gasteiger partial charge < -0.3 is 21.1 Å². The van der Waals surface area contributed by atoms with E-state index in [1.807, 2.05) is 36.4 Å². The summed E-state index contributed by atoms with van der Waals surface area (Å²) in [5.41, 5.74) is 7.93. The molecule has 1 aliphatic carbocycles. The zero-order chi connectivity index (χ0) is 27.2.